The predicted octanol–water partition coefficient (Wildman–Crippen LogP) is 3.78. The van der Waals surface area contributed by atoms with E-state index in [-0.39, 0.29) is 5.56 Å². The third-order valence-electron chi connectivity index (χ3n) is 3.81. The molecular formula is C15H24N4OS2. The summed E-state index contributed by atoms with van der Waals surface area (Å²) in [4.78, 5) is 19.8. The second-order valence-corrected chi connectivity index (χ2v) is 7.01. The smallest absolute Gasteiger partial charge is 0.280 e. The lowest BCUT2D eigenvalue weighted by Gasteiger charge is -2.03. The van der Waals surface area contributed by atoms with Gasteiger partial charge in [-0.15, -0.1) is 0 Å². The van der Waals surface area contributed by atoms with Crippen molar-refractivity contribution in [1.29, 1.82) is 0 Å². The molecule has 0 aliphatic carbocycles. The number of rotatable bonds is 8. The SMILES string of the molecule is CCCCCCCCSc1nc2c([nH]1)c(=O)n(C)c(=S)n2C. The van der Waals surface area contributed by atoms with E-state index in [1.165, 1.54) is 43.1 Å². The van der Waals surface area contributed by atoms with Crippen molar-refractivity contribution in [2.24, 2.45) is 14.1 Å². The first-order valence-corrected chi connectivity index (χ1v) is 9.24. The van der Waals surface area contributed by atoms with Crippen LogP contribution in [0, 0.1) is 4.77 Å². The van der Waals surface area contributed by atoms with Crippen LogP contribution in [0.1, 0.15) is 45.4 Å². The standard InChI is InChI=1S/C15H24N4OS2/c1-4-5-6-7-8-9-10-22-14-16-11-12(17-14)18(2)15(21)19(3)13(11)20/h4-10H2,1-3H3,(H,16,17). The van der Waals surface area contributed by atoms with Gasteiger partial charge >= 0.3 is 0 Å². The topological polar surface area (TPSA) is 55.6 Å². The van der Waals surface area contributed by atoms with Crippen molar-refractivity contribution in [2.45, 2.75) is 50.6 Å². The quantitative estimate of drug-likeness (QED) is 0.451. The second kappa shape index (κ2) is 7.97. The molecular weight excluding hydrogens is 316 g/mol. The summed E-state index contributed by atoms with van der Waals surface area (Å²) in [5.74, 6) is 1.02. The molecule has 1 N–H and O–H groups in total. The van der Waals surface area contributed by atoms with E-state index in [1.54, 1.807) is 23.4 Å². The second-order valence-electron chi connectivity index (χ2n) is 5.56. The highest BCUT2D eigenvalue weighted by atomic mass is 32.2. The van der Waals surface area contributed by atoms with E-state index in [4.69, 9.17) is 12.2 Å². The number of aromatic amines is 1. The molecule has 0 saturated heterocycles. The number of hydrogen-bond donors (Lipinski definition) is 1. The number of H-pyrrole nitrogens is 1. The molecule has 0 bridgehead atoms. The normalized spacial score (nSPS) is 11.4. The van der Waals surface area contributed by atoms with Gasteiger partial charge in [-0.05, 0) is 18.6 Å². The van der Waals surface area contributed by atoms with Crippen molar-refractivity contribution in [3.8, 4) is 0 Å². The maximum atomic E-state index is 12.2. The summed E-state index contributed by atoms with van der Waals surface area (Å²) in [5.41, 5.74) is 1.06. The number of imidazole rings is 1. The largest absolute Gasteiger partial charge is 0.327 e. The molecule has 2 heterocycles. The zero-order valence-corrected chi connectivity index (χ0v) is 15.1. The third-order valence-corrected chi connectivity index (χ3v) is 5.32. The fourth-order valence-corrected chi connectivity index (χ4v) is 3.46. The van der Waals surface area contributed by atoms with Crippen LogP contribution in [0.25, 0.3) is 11.2 Å². The minimum atomic E-state index is -0.114. The summed E-state index contributed by atoms with van der Waals surface area (Å²) in [6.45, 7) is 2.23. The lowest BCUT2D eigenvalue weighted by molar-refractivity contribution is 0.627. The molecule has 7 heteroatoms. The van der Waals surface area contributed by atoms with E-state index in [1.807, 2.05) is 7.05 Å². The Labute approximate surface area is 140 Å². The third kappa shape index (κ3) is 3.81. The van der Waals surface area contributed by atoms with Gasteiger partial charge < -0.3 is 9.55 Å². The Balaban J connectivity index is 1.99. The summed E-state index contributed by atoms with van der Waals surface area (Å²) in [7, 11) is 3.53. The van der Waals surface area contributed by atoms with Gasteiger partial charge in [-0.1, -0.05) is 50.8 Å². The number of unbranched alkanes of at least 4 members (excludes halogenated alkanes) is 5. The van der Waals surface area contributed by atoms with Gasteiger partial charge in [0.05, 0.1) is 0 Å². The lowest BCUT2D eigenvalue weighted by Crippen LogP contribution is -2.21. The van der Waals surface area contributed by atoms with Crippen LogP contribution in [0.2, 0.25) is 0 Å². The van der Waals surface area contributed by atoms with Crippen molar-refractivity contribution in [3.63, 3.8) is 0 Å². The van der Waals surface area contributed by atoms with Crippen LogP contribution in [0.5, 0.6) is 0 Å². The summed E-state index contributed by atoms with van der Waals surface area (Å²) in [6.07, 6.45) is 7.70. The van der Waals surface area contributed by atoms with Gasteiger partial charge in [0.25, 0.3) is 5.56 Å². The zero-order valence-electron chi connectivity index (χ0n) is 13.5. The fourth-order valence-electron chi connectivity index (χ4n) is 2.42. The van der Waals surface area contributed by atoms with Gasteiger partial charge in [-0.3, -0.25) is 9.36 Å². The molecule has 0 saturated carbocycles. The minimum absolute atomic E-state index is 0.114. The Hall–Kier alpha value is -1.08. The van der Waals surface area contributed by atoms with Gasteiger partial charge in [-0.2, -0.15) is 0 Å². The Morgan fingerprint density at radius 1 is 1.14 bits per heavy atom. The van der Waals surface area contributed by atoms with Crippen molar-refractivity contribution >= 4 is 35.1 Å². The number of thioether (sulfide) groups is 1. The molecule has 0 aliphatic rings. The molecule has 0 aromatic carbocycles. The maximum absolute atomic E-state index is 12.2. The van der Waals surface area contributed by atoms with Gasteiger partial charge in [0.2, 0.25) is 0 Å². The Morgan fingerprint density at radius 3 is 2.55 bits per heavy atom. The van der Waals surface area contributed by atoms with Crippen LogP contribution in [-0.2, 0) is 14.1 Å². The number of aryl methyl sites for hydroxylation is 1. The van der Waals surface area contributed by atoms with E-state index in [2.05, 4.69) is 16.9 Å². The Kier molecular flexibility index (Phi) is 6.26. The predicted molar refractivity (Wildman–Crippen MR) is 95.2 cm³/mol. The van der Waals surface area contributed by atoms with E-state index in [9.17, 15) is 4.79 Å². The highest BCUT2D eigenvalue weighted by Gasteiger charge is 2.11. The van der Waals surface area contributed by atoms with Crippen LogP contribution >= 0.6 is 24.0 Å². The molecule has 22 heavy (non-hydrogen) atoms. The van der Waals surface area contributed by atoms with Crippen LogP contribution in [0.15, 0.2) is 9.95 Å². The van der Waals surface area contributed by atoms with E-state index in [0.29, 0.717) is 15.9 Å². The number of fused-ring (bicyclic) bond motifs is 1. The van der Waals surface area contributed by atoms with Gasteiger partial charge in [0.15, 0.2) is 21.1 Å². The molecule has 0 amide bonds. The van der Waals surface area contributed by atoms with Crippen molar-refractivity contribution in [3.05, 3.63) is 15.1 Å². The first kappa shape index (κ1) is 17.3. The molecule has 2 aromatic rings. The van der Waals surface area contributed by atoms with Crippen molar-refractivity contribution in [1.82, 2.24) is 19.1 Å². The molecule has 0 spiro atoms. The maximum Gasteiger partial charge on any atom is 0.280 e. The highest BCUT2D eigenvalue weighted by Crippen LogP contribution is 2.19. The first-order valence-electron chi connectivity index (χ1n) is 7.84. The monoisotopic (exact) mass is 340 g/mol. The minimum Gasteiger partial charge on any atom is -0.327 e. The summed E-state index contributed by atoms with van der Waals surface area (Å²) < 4.78 is 3.73. The average molecular weight is 341 g/mol. The number of aromatic nitrogens is 4. The molecule has 2 rings (SSSR count). The Bertz CT molecular complexity index is 744. The summed E-state index contributed by atoms with van der Waals surface area (Å²) >= 11 is 6.92. The van der Waals surface area contributed by atoms with Gasteiger partial charge in [-0.25, -0.2) is 4.98 Å². The molecule has 0 aliphatic heterocycles. The first-order chi connectivity index (χ1) is 10.6. The number of nitrogens with one attached hydrogen (secondary N) is 1. The van der Waals surface area contributed by atoms with E-state index < -0.39 is 0 Å². The average Bonchev–Trinajstić information content (AvgIpc) is 2.94. The molecule has 0 radical (unpaired) electrons. The number of hydrogen-bond acceptors (Lipinski definition) is 4. The summed E-state index contributed by atoms with van der Waals surface area (Å²) in [5, 5.41) is 0.803. The molecule has 2 aromatic heterocycles. The van der Waals surface area contributed by atoms with E-state index >= 15 is 0 Å². The van der Waals surface area contributed by atoms with Crippen LogP contribution in [0.4, 0.5) is 0 Å². The molecule has 122 valence electrons. The van der Waals surface area contributed by atoms with Crippen molar-refractivity contribution in [2.75, 3.05) is 5.75 Å². The van der Waals surface area contributed by atoms with Crippen molar-refractivity contribution < 1.29 is 0 Å². The van der Waals surface area contributed by atoms with Gasteiger partial charge in [0.1, 0.15) is 0 Å². The molecule has 5 nitrogen and oxygen atoms in total. The van der Waals surface area contributed by atoms with Gasteiger partial charge in [0, 0.05) is 19.8 Å². The molecule has 0 atom stereocenters. The van der Waals surface area contributed by atoms with Crippen LogP contribution < -0.4 is 5.56 Å². The summed E-state index contributed by atoms with van der Waals surface area (Å²) in [6, 6.07) is 0. The molecule has 0 unspecified atom stereocenters. The highest BCUT2D eigenvalue weighted by molar-refractivity contribution is 7.99. The van der Waals surface area contributed by atoms with Crippen LogP contribution in [-0.4, -0.2) is 24.9 Å². The molecule has 0 fully saturated rings. The Morgan fingerprint density at radius 2 is 1.82 bits per heavy atom. The van der Waals surface area contributed by atoms with Crippen LogP contribution in [0.3, 0.4) is 0 Å². The zero-order chi connectivity index (χ0) is 16.1. The number of nitrogens with zero attached hydrogens (tertiary/aromatic N) is 3. The van der Waals surface area contributed by atoms with E-state index in [0.717, 1.165) is 10.9 Å². The fraction of sp³-hybridized carbons (Fsp3) is 0.667. The lowest BCUT2D eigenvalue weighted by atomic mass is 10.1.